The zero-order valence-electron chi connectivity index (χ0n) is 13.7. The molecule has 1 aliphatic heterocycles. The lowest BCUT2D eigenvalue weighted by molar-refractivity contribution is 0.221. The van der Waals surface area contributed by atoms with Gasteiger partial charge in [-0.25, -0.2) is 0 Å². The zero-order chi connectivity index (χ0) is 14.7. The molecule has 0 N–H and O–H groups in total. The highest BCUT2D eigenvalue weighted by Crippen LogP contribution is 2.56. The predicted molar refractivity (Wildman–Crippen MR) is 89.7 cm³/mol. The second-order valence-corrected chi connectivity index (χ2v) is 8.35. The van der Waals surface area contributed by atoms with E-state index in [0.717, 1.165) is 5.92 Å². The highest BCUT2D eigenvalue weighted by Gasteiger charge is 2.51. The second-order valence-electron chi connectivity index (χ2n) is 8.35. The molecule has 4 rings (SSSR count). The molecule has 2 aliphatic carbocycles. The standard InChI is InChI=1S/C20H27N/c1-19(2,3)15-10-11-17-16(13-15)20-12-5-4-7-14(20)8-6-9-18(20)21-17/h10-11,13-14H,4-9,12H2,1-3H3/t14-,20?/m0/s1. The van der Waals surface area contributed by atoms with E-state index < -0.39 is 0 Å². The normalized spacial score (nSPS) is 31.2. The first-order chi connectivity index (χ1) is 10.0. The van der Waals surface area contributed by atoms with Crippen molar-refractivity contribution in [3.63, 3.8) is 0 Å². The van der Waals surface area contributed by atoms with Crippen molar-refractivity contribution in [1.82, 2.24) is 0 Å². The fraction of sp³-hybridized carbons (Fsp3) is 0.650. The first kappa shape index (κ1) is 13.5. The third-order valence-corrected chi connectivity index (χ3v) is 6.15. The maximum absolute atomic E-state index is 5.09. The van der Waals surface area contributed by atoms with Gasteiger partial charge in [0, 0.05) is 11.1 Å². The van der Waals surface area contributed by atoms with Crippen molar-refractivity contribution < 1.29 is 0 Å². The molecule has 0 aromatic heterocycles. The van der Waals surface area contributed by atoms with Crippen molar-refractivity contribution in [2.24, 2.45) is 10.9 Å². The topological polar surface area (TPSA) is 12.4 Å². The summed E-state index contributed by atoms with van der Waals surface area (Å²) in [5, 5.41) is 0. The van der Waals surface area contributed by atoms with Gasteiger partial charge < -0.3 is 0 Å². The first-order valence-electron chi connectivity index (χ1n) is 8.75. The van der Waals surface area contributed by atoms with Crippen molar-refractivity contribution in [3.05, 3.63) is 29.3 Å². The first-order valence-corrected chi connectivity index (χ1v) is 8.75. The molecule has 0 amide bonds. The Morgan fingerprint density at radius 1 is 1.10 bits per heavy atom. The number of rotatable bonds is 0. The maximum Gasteiger partial charge on any atom is 0.0671 e. The minimum atomic E-state index is 0.229. The SMILES string of the molecule is CC(C)(C)c1ccc2c(c1)C13CCCC[C@H]1CCCC3=N2. The summed E-state index contributed by atoms with van der Waals surface area (Å²) < 4.78 is 0. The maximum atomic E-state index is 5.09. The Morgan fingerprint density at radius 2 is 1.90 bits per heavy atom. The predicted octanol–water partition coefficient (Wildman–Crippen LogP) is 5.68. The van der Waals surface area contributed by atoms with Crippen LogP contribution >= 0.6 is 0 Å². The van der Waals surface area contributed by atoms with Crippen molar-refractivity contribution >= 4 is 11.4 Å². The minimum absolute atomic E-state index is 0.229. The quantitative estimate of drug-likeness (QED) is 0.580. The molecular formula is C20H27N. The molecule has 21 heavy (non-hydrogen) atoms. The van der Waals surface area contributed by atoms with E-state index in [1.165, 1.54) is 61.9 Å². The summed E-state index contributed by atoms with van der Waals surface area (Å²) in [7, 11) is 0. The molecule has 1 heteroatoms. The Hall–Kier alpha value is -1.11. The molecule has 3 aliphatic rings. The summed E-state index contributed by atoms with van der Waals surface area (Å²) in [6, 6.07) is 7.10. The average Bonchev–Trinajstić information content (AvgIpc) is 2.78. The van der Waals surface area contributed by atoms with E-state index in [0.29, 0.717) is 5.41 Å². The van der Waals surface area contributed by atoms with Crippen LogP contribution in [0.1, 0.15) is 76.8 Å². The van der Waals surface area contributed by atoms with Gasteiger partial charge in [0.15, 0.2) is 0 Å². The van der Waals surface area contributed by atoms with Crippen LogP contribution < -0.4 is 0 Å². The van der Waals surface area contributed by atoms with Gasteiger partial charge in [0.2, 0.25) is 0 Å². The Bertz CT molecular complexity index is 603. The Kier molecular flexibility index (Phi) is 2.87. The van der Waals surface area contributed by atoms with E-state index in [4.69, 9.17) is 4.99 Å². The molecule has 2 saturated carbocycles. The van der Waals surface area contributed by atoms with Crippen LogP contribution in [0.5, 0.6) is 0 Å². The average molecular weight is 281 g/mol. The third-order valence-electron chi connectivity index (χ3n) is 6.15. The molecule has 1 nitrogen and oxygen atoms in total. The van der Waals surface area contributed by atoms with Gasteiger partial charge in [-0.05, 0) is 60.6 Å². The summed E-state index contributed by atoms with van der Waals surface area (Å²) in [6.45, 7) is 6.97. The van der Waals surface area contributed by atoms with Crippen LogP contribution in [0.3, 0.4) is 0 Å². The van der Waals surface area contributed by atoms with E-state index in [-0.39, 0.29) is 5.41 Å². The smallest absolute Gasteiger partial charge is 0.0671 e. The van der Waals surface area contributed by atoms with Gasteiger partial charge in [-0.2, -0.15) is 0 Å². The minimum Gasteiger partial charge on any atom is -0.257 e. The van der Waals surface area contributed by atoms with Gasteiger partial charge in [0.25, 0.3) is 0 Å². The monoisotopic (exact) mass is 281 g/mol. The molecule has 0 saturated heterocycles. The van der Waals surface area contributed by atoms with Gasteiger partial charge >= 0.3 is 0 Å². The van der Waals surface area contributed by atoms with E-state index in [1.54, 1.807) is 5.56 Å². The second kappa shape index (κ2) is 4.44. The summed E-state index contributed by atoms with van der Waals surface area (Å²) in [5.41, 5.74) is 6.42. The summed E-state index contributed by atoms with van der Waals surface area (Å²) >= 11 is 0. The number of benzene rings is 1. The molecule has 1 unspecified atom stereocenters. The molecule has 0 bridgehead atoms. The Labute approximate surface area is 128 Å². The van der Waals surface area contributed by atoms with Gasteiger partial charge in [-0.3, -0.25) is 4.99 Å². The zero-order valence-corrected chi connectivity index (χ0v) is 13.7. The van der Waals surface area contributed by atoms with Crippen molar-refractivity contribution in [3.8, 4) is 0 Å². The molecule has 112 valence electrons. The molecule has 0 radical (unpaired) electrons. The van der Waals surface area contributed by atoms with Crippen LogP contribution in [-0.4, -0.2) is 5.71 Å². The van der Waals surface area contributed by atoms with E-state index in [9.17, 15) is 0 Å². The number of fused-ring (bicyclic) bond motifs is 1. The number of nitrogens with zero attached hydrogens (tertiary/aromatic N) is 1. The van der Waals surface area contributed by atoms with Crippen LogP contribution in [0.2, 0.25) is 0 Å². The largest absolute Gasteiger partial charge is 0.257 e. The molecule has 1 spiro atoms. The lowest BCUT2D eigenvalue weighted by Crippen LogP contribution is -2.46. The highest BCUT2D eigenvalue weighted by molar-refractivity contribution is 6.02. The van der Waals surface area contributed by atoms with Crippen LogP contribution in [0.4, 0.5) is 5.69 Å². The lowest BCUT2D eigenvalue weighted by Gasteiger charge is -2.46. The summed E-state index contributed by atoms with van der Waals surface area (Å²) in [5.74, 6) is 0.857. The van der Waals surface area contributed by atoms with E-state index >= 15 is 0 Å². The van der Waals surface area contributed by atoms with Crippen molar-refractivity contribution in [2.75, 3.05) is 0 Å². The fourth-order valence-electron chi connectivity index (χ4n) is 5.02. The van der Waals surface area contributed by atoms with Gasteiger partial charge in [0.1, 0.15) is 0 Å². The van der Waals surface area contributed by atoms with Gasteiger partial charge in [-0.1, -0.05) is 45.7 Å². The summed E-state index contributed by atoms with van der Waals surface area (Å²) in [4.78, 5) is 5.09. The lowest BCUT2D eigenvalue weighted by atomic mass is 9.56. The number of hydrogen-bond donors (Lipinski definition) is 0. The molecule has 1 aromatic rings. The Morgan fingerprint density at radius 3 is 2.71 bits per heavy atom. The van der Waals surface area contributed by atoms with Gasteiger partial charge in [-0.15, -0.1) is 0 Å². The molecule has 1 aromatic carbocycles. The fourth-order valence-corrected chi connectivity index (χ4v) is 5.02. The van der Waals surface area contributed by atoms with Gasteiger partial charge in [0.05, 0.1) is 5.69 Å². The highest BCUT2D eigenvalue weighted by atomic mass is 14.8. The number of hydrogen-bond acceptors (Lipinski definition) is 1. The van der Waals surface area contributed by atoms with Crippen molar-refractivity contribution in [2.45, 2.75) is 76.5 Å². The van der Waals surface area contributed by atoms with Crippen LogP contribution in [0.15, 0.2) is 23.2 Å². The molecule has 2 atom stereocenters. The van der Waals surface area contributed by atoms with E-state index in [2.05, 4.69) is 39.0 Å². The van der Waals surface area contributed by atoms with Crippen LogP contribution in [0.25, 0.3) is 0 Å². The Balaban J connectivity index is 1.88. The third kappa shape index (κ3) is 1.86. The molecule has 2 fully saturated rings. The van der Waals surface area contributed by atoms with E-state index in [1.807, 2.05) is 0 Å². The molecule has 1 heterocycles. The summed E-state index contributed by atoms with van der Waals surface area (Å²) in [6.07, 6.45) is 9.57. The van der Waals surface area contributed by atoms with Crippen LogP contribution in [0, 0.1) is 5.92 Å². The van der Waals surface area contributed by atoms with Crippen molar-refractivity contribution in [1.29, 1.82) is 0 Å². The van der Waals surface area contributed by atoms with Crippen LogP contribution in [-0.2, 0) is 10.8 Å². The number of aliphatic imine (C=N–C) groups is 1. The molecular weight excluding hydrogens is 254 g/mol.